The summed E-state index contributed by atoms with van der Waals surface area (Å²) in [5.41, 5.74) is 3.72. The lowest BCUT2D eigenvalue weighted by atomic mass is 10.00. The van der Waals surface area contributed by atoms with Crippen LogP contribution in [0.2, 0.25) is 0 Å². The van der Waals surface area contributed by atoms with E-state index >= 15 is 0 Å². The minimum Gasteiger partial charge on any atom is -0.473 e. The molecule has 2 aromatic carbocycles. The van der Waals surface area contributed by atoms with E-state index in [1.165, 1.54) is 17.2 Å². The number of imidazole rings is 1. The van der Waals surface area contributed by atoms with Crippen LogP contribution in [0.15, 0.2) is 54.7 Å². The molecule has 0 radical (unpaired) electrons. The Bertz CT molecular complexity index is 1190. The van der Waals surface area contributed by atoms with E-state index in [2.05, 4.69) is 40.8 Å². The van der Waals surface area contributed by atoms with Gasteiger partial charge in [-0.15, -0.1) is 0 Å². The number of carbonyl (C=O) groups is 2. The van der Waals surface area contributed by atoms with Crippen molar-refractivity contribution in [2.75, 3.05) is 20.1 Å². The van der Waals surface area contributed by atoms with E-state index in [1.54, 1.807) is 12.1 Å². The number of benzene rings is 2. The largest absolute Gasteiger partial charge is 0.473 e. The Balaban J connectivity index is 0.000000431. The highest BCUT2D eigenvalue weighted by atomic mass is 19.1. The van der Waals surface area contributed by atoms with Crippen molar-refractivity contribution in [3.63, 3.8) is 0 Å². The third kappa shape index (κ3) is 5.75. The second kappa shape index (κ2) is 10.8. The van der Waals surface area contributed by atoms with Crippen LogP contribution < -0.4 is 0 Å². The second-order valence-corrected chi connectivity index (χ2v) is 8.74. The number of piperidine rings is 1. The third-order valence-corrected chi connectivity index (χ3v) is 6.33. The first-order valence-corrected chi connectivity index (χ1v) is 11.5. The number of carboxylic acid groups (broad SMARTS) is 2. The average molecular weight is 482 g/mol. The average Bonchev–Trinajstić information content (AvgIpc) is 3.21. The van der Waals surface area contributed by atoms with E-state index in [-0.39, 0.29) is 18.0 Å². The SMILES string of the molecule is CN1CCC(OC2c3ccccc3CCn3cc(-c4ccccc4F)nc32)CC1.O=C(O)C(=O)O. The molecule has 2 N–H and O–H groups in total. The first kappa shape index (κ1) is 24.6. The van der Waals surface area contributed by atoms with Crippen molar-refractivity contribution in [1.82, 2.24) is 14.5 Å². The fourth-order valence-corrected chi connectivity index (χ4v) is 4.46. The number of rotatable bonds is 3. The fraction of sp³-hybridized carbons (Fsp3) is 0.346. The van der Waals surface area contributed by atoms with E-state index < -0.39 is 11.9 Å². The minimum atomic E-state index is -1.82. The number of nitrogens with zero attached hydrogens (tertiary/aromatic N) is 3. The molecule has 8 nitrogen and oxygen atoms in total. The molecule has 0 spiro atoms. The number of aryl methyl sites for hydroxylation is 2. The lowest BCUT2D eigenvalue weighted by Crippen LogP contribution is -2.35. The Morgan fingerprint density at radius 3 is 2.34 bits per heavy atom. The van der Waals surface area contributed by atoms with Gasteiger partial charge in [0.15, 0.2) is 0 Å². The Morgan fingerprint density at radius 1 is 1.00 bits per heavy atom. The van der Waals surface area contributed by atoms with Gasteiger partial charge >= 0.3 is 11.9 Å². The fourth-order valence-electron chi connectivity index (χ4n) is 4.46. The van der Waals surface area contributed by atoms with Gasteiger partial charge in [-0.05, 0) is 49.6 Å². The van der Waals surface area contributed by atoms with E-state index in [9.17, 15) is 4.39 Å². The molecule has 1 unspecified atom stereocenters. The van der Waals surface area contributed by atoms with Crippen LogP contribution >= 0.6 is 0 Å². The molecule has 1 saturated heterocycles. The predicted molar refractivity (Wildman–Crippen MR) is 126 cm³/mol. The summed E-state index contributed by atoms with van der Waals surface area (Å²) in [6.45, 7) is 2.92. The van der Waals surface area contributed by atoms with Crippen LogP contribution in [0.1, 0.15) is 35.9 Å². The third-order valence-electron chi connectivity index (χ3n) is 6.33. The molecule has 5 rings (SSSR count). The number of hydrogen-bond donors (Lipinski definition) is 2. The summed E-state index contributed by atoms with van der Waals surface area (Å²) in [6.07, 6.45) is 4.94. The topological polar surface area (TPSA) is 105 Å². The molecular weight excluding hydrogens is 453 g/mol. The summed E-state index contributed by atoms with van der Waals surface area (Å²) < 4.78 is 23.2. The molecule has 3 heterocycles. The van der Waals surface area contributed by atoms with Crippen molar-refractivity contribution >= 4 is 11.9 Å². The number of halogens is 1. The number of carboxylic acids is 2. The Kier molecular flexibility index (Phi) is 7.57. The highest BCUT2D eigenvalue weighted by Gasteiger charge is 2.31. The smallest absolute Gasteiger partial charge is 0.414 e. The van der Waals surface area contributed by atoms with Crippen LogP contribution in [-0.2, 0) is 27.3 Å². The number of aliphatic carboxylic acids is 2. The normalized spacial score (nSPS) is 17.9. The van der Waals surface area contributed by atoms with Crippen molar-refractivity contribution in [1.29, 1.82) is 0 Å². The molecule has 3 aromatic rings. The predicted octanol–water partition coefficient (Wildman–Crippen LogP) is 3.60. The van der Waals surface area contributed by atoms with Gasteiger partial charge in [-0.1, -0.05) is 36.4 Å². The van der Waals surface area contributed by atoms with Crippen LogP contribution in [-0.4, -0.2) is 62.8 Å². The van der Waals surface area contributed by atoms with E-state index in [0.717, 1.165) is 44.7 Å². The zero-order valence-corrected chi connectivity index (χ0v) is 19.4. The van der Waals surface area contributed by atoms with Crippen LogP contribution in [0.3, 0.4) is 0 Å². The van der Waals surface area contributed by atoms with E-state index in [4.69, 9.17) is 29.5 Å². The molecule has 35 heavy (non-hydrogen) atoms. The highest BCUT2D eigenvalue weighted by Crippen LogP contribution is 2.36. The summed E-state index contributed by atoms with van der Waals surface area (Å²) in [5.74, 6) is -3.01. The Hall–Kier alpha value is -3.56. The van der Waals surface area contributed by atoms with Gasteiger partial charge in [0, 0.05) is 31.4 Å². The maximum atomic E-state index is 14.4. The van der Waals surface area contributed by atoms with Crippen LogP contribution in [0.4, 0.5) is 4.39 Å². The molecule has 0 amide bonds. The summed E-state index contributed by atoms with van der Waals surface area (Å²) in [5, 5.41) is 14.8. The van der Waals surface area contributed by atoms with Gasteiger partial charge < -0.3 is 24.4 Å². The van der Waals surface area contributed by atoms with Gasteiger partial charge in [0.2, 0.25) is 0 Å². The van der Waals surface area contributed by atoms with Crippen LogP contribution in [0, 0.1) is 5.82 Å². The molecular formula is C26H28FN3O5. The van der Waals surface area contributed by atoms with Crippen molar-refractivity contribution in [3.05, 3.63) is 77.5 Å². The zero-order valence-electron chi connectivity index (χ0n) is 19.4. The quantitative estimate of drug-likeness (QED) is 0.551. The van der Waals surface area contributed by atoms with Gasteiger partial charge in [-0.25, -0.2) is 19.0 Å². The van der Waals surface area contributed by atoms with Crippen molar-refractivity contribution in [2.24, 2.45) is 0 Å². The lowest BCUT2D eigenvalue weighted by Gasteiger charge is -2.32. The van der Waals surface area contributed by atoms with Gasteiger partial charge in [-0.2, -0.15) is 0 Å². The van der Waals surface area contributed by atoms with Gasteiger partial charge in [-0.3, -0.25) is 0 Å². The molecule has 1 fully saturated rings. The Morgan fingerprint density at radius 2 is 1.66 bits per heavy atom. The highest BCUT2D eigenvalue weighted by molar-refractivity contribution is 6.27. The maximum absolute atomic E-state index is 14.4. The summed E-state index contributed by atoms with van der Waals surface area (Å²) in [4.78, 5) is 25.4. The minimum absolute atomic E-state index is 0.212. The molecule has 1 atom stereocenters. The molecule has 0 bridgehead atoms. The zero-order chi connectivity index (χ0) is 24.9. The van der Waals surface area contributed by atoms with Crippen molar-refractivity contribution < 1.29 is 28.9 Å². The molecule has 2 aliphatic rings. The Labute approximate surface area is 202 Å². The van der Waals surface area contributed by atoms with Crippen molar-refractivity contribution in [2.45, 2.75) is 38.0 Å². The molecule has 9 heteroatoms. The number of aromatic nitrogens is 2. The molecule has 1 aromatic heterocycles. The van der Waals surface area contributed by atoms with Gasteiger partial charge in [0.05, 0.1) is 11.8 Å². The lowest BCUT2D eigenvalue weighted by molar-refractivity contribution is -0.159. The maximum Gasteiger partial charge on any atom is 0.414 e. The van der Waals surface area contributed by atoms with E-state index in [1.807, 2.05) is 12.3 Å². The molecule has 2 aliphatic heterocycles. The summed E-state index contributed by atoms with van der Waals surface area (Å²) in [6, 6.07) is 15.3. The van der Waals surface area contributed by atoms with Gasteiger partial charge in [0.1, 0.15) is 17.7 Å². The molecule has 184 valence electrons. The number of hydrogen-bond acceptors (Lipinski definition) is 5. The molecule has 0 aliphatic carbocycles. The van der Waals surface area contributed by atoms with Crippen molar-refractivity contribution in [3.8, 4) is 11.3 Å². The standard InChI is InChI=1S/C24H26FN3O.C2H2O4/c1-27-13-11-18(12-14-27)29-23-19-7-3-2-6-17(19)10-15-28-16-22(26-24(23)28)20-8-4-5-9-21(20)25;3-1(4)2(5)6/h2-9,16,18,23H,10-15H2,1H3;(H,3,4)(H,5,6). The summed E-state index contributed by atoms with van der Waals surface area (Å²) >= 11 is 0. The number of fused-ring (bicyclic) bond motifs is 2. The molecule has 0 saturated carbocycles. The first-order valence-electron chi connectivity index (χ1n) is 11.5. The number of ether oxygens (including phenoxy) is 1. The summed E-state index contributed by atoms with van der Waals surface area (Å²) in [7, 11) is 2.16. The first-order chi connectivity index (χ1) is 16.8. The van der Waals surface area contributed by atoms with Crippen LogP contribution in [0.25, 0.3) is 11.3 Å². The monoisotopic (exact) mass is 481 g/mol. The van der Waals surface area contributed by atoms with E-state index in [0.29, 0.717) is 11.3 Å². The van der Waals surface area contributed by atoms with Gasteiger partial charge in [0.25, 0.3) is 0 Å². The number of likely N-dealkylation sites (tertiary alicyclic amines) is 1. The second-order valence-electron chi connectivity index (χ2n) is 8.74. The van der Waals surface area contributed by atoms with Crippen LogP contribution in [0.5, 0.6) is 0 Å².